The van der Waals surface area contributed by atoms with Gasteiger partial charge in [-0.25, -0.2) is 4.79 Å². The molecule has 0 saturated carbocycles. The van der Waals surface area contributed by atoms with Crippen molar-refractivity contribution in [2.24, 2.45) is 0 Å². The first-order chi connectivity index (χ1) is 13.4. The molecular formula is C20H25N3O5. The molecule has 4 amide bonds. The molecular weight excluding hydrogens is 362 g/mol. The molecule has 2 saturated heterocycles. The number of urea groups is 1. The van der Waals surface area contributed by atoms with E-state index < -0.39 is 11.6 Å². The Morgan fingerprint density at radius 3 is 2.68 bits per heavy atom. The zero-order chi connectivity index (χ0) is 19.9. The van der Waals surface area contributed by atoms with Gasteiger partial charge in [-0.2, -0.15) is 0 Å². The second-order valence-electron chi connectivity index (χ2n) is 7.91. The quantitative estimate of drug-likeness (QED) is 0.797. The molecule has 1 N–H and O–H groups in total. The molecule has 0 aliphatic carbocycles. The van der Waals surface area contributed by atoms with E-state index in [0.29, 0.717) is 25.5 Å². The van der Waals surface area contributed by atoms with Crippen LogP contribution in [0.1, 0.15) is 44.7 Å². The van der Waals surface area contributed by atoms with Crippen LogP contribution in [-0.2, 0) is 9.59 Å². The molecule has 0 unspecified atom stereocenters. The Kier molecular flexibility index (Phi) is 4.64. The fraction of sp³-hybridized carbons (Fsp3) is 0.550. The van der Waals surface area contributed by atoms with Crippen LogP contribution in [0.15, 0.2) is 18.2 Å². The second kappa shape index (κ2) is 7.00. The smallest absolute Gasteiger partial charge is 0.325 e. The van der Waals surface area contributed by atoms with E-state index in [4.69, 9.17) is 9.47 Å². The molecule has 3 heterocycles. The minimum absolute atomic E-state index is 0.0251. The van der Waals surface area contributed by atoms with Crippen LogP contribution >= 0.6 is 0 Å². The fourth-order valence-corrected chi connectivity index (χ4v) is 4.05. The van der Waals surface area contributed by atoms with Crippen molar-refractivity contribution in [2.45, 2.75) is 44.7 Å². The maximum atomic E-state index is 12.8. The summed E-state index contributed by atoms with van der Waals surface area (Å²) in [6, 6.07) is 5.35. The van der Waals surface area contributed by atoms with Crippen LogP contribution in [0, 0.1) is 0 Å². The lowest BCUT2D eigenvalue weighted by Gasteiger charge is -2.27. The topological polar surface area (TPSA) is 88.2 Å². The van der Waals surface area contributed by atoms with Gasteiger partial charge >= 0.3 is 6.03 Å². The molecule has 2 fully saturated rings. The lowest BCUT2D eigenvalue weighted by Crippen LogP contribution is -2.41. The van der Waals surface area contributed by atoms with E-state index in [1.165, 1.54) is 0 Å². The molecule has 0 bridgehead atoms. The third-order valence-corrected chi connectivity index (χ3v) is 5.52. The Morgan fingerprint density at radius 1 is 1.21 bits per heavy atom. The number of carbonyl (C=O) groups is 3. The molecule has 0 radical (unpaired) electrons. The van der Waals surface area contributed by atoms with Gasteiger partial charge in [0.05, 0.1) is 6.04 Å². The summed E-state index contributed by atoms with van der Waals surface area (Å²) in [5.41, 5.74) is 0.104. The SMILES string of the molecule is CC1(C)NC(=O)N(CCC(=O)N2CCC[C@H]2c2ccc3c(c2)OCCO3)C1=O. The molecule has 1 atom stereocenters. The van der Waals surface area contributed by atoms with Crippen LogP contribution < -0.4 is 14.8 Å². The molecule has 1 aromatic carbocycles. The van der Waals surface area contributed by atoms with Gasteiger partial charge in [0, 0.05) is 19.5 Å². The van der Waals surface area contributed by atoms with Gasteiger partial charge in [-0.15, -0.1) is 0 Å². The summed E-state index contributed by atoms with van der Waals surface area (Å²) >= 11 is 0. The number of imide groups is 1. The molecule has 150 valence electrons. The molecule has 28 heavy (non-hydrogen) atoms. The van der Waals surface area contributed by atoms with Crippen LogP contribution in [0.2, 0.25) is 0 Å². The highest BCUT2D eigenvalue weighted by atomic mass is 16.6. The minimum atomic E-state index is -0.915. The number of nitrogens with one attached hydrogen (secondary N) is 1. The Bertz CT molecular complexity index is 822. The Balaban J connectivity index is 1.43. The summed E-state index contributed by atoms with van der Waals surface area (Å²) in [6.45, 7) is 5.15. The monoisotopic (exact) mass is 387 g/mol. The molecule has 8 heteroatoms. The average Bonchev–Trinajstić information content (AvgIpc) is 3.23. The maximum Gasteiger partial charge on any atom is 0.325 e. The standard InChI is InChI=1S/C20H25N3O5/c1-20(2)18(25)23(19(26)21-20)9-7-17(24)22-8-3-4-14(22)13-5-6-15-16(12-13)28-11-10-27-15/h5-6,12,14H,3-4,7-11H2,1-2H3,(H,21,26)/t14-/m0/s1. The van der Waals surface area contributed by atoms with Gasteiger partial charge < -0.3 is 19.7 Å². The van der Waals surface area contributed by atoms with E-state index >= 15 is 0 Å². The van der Waals surface area contributed by atoms with Crippen LogP contribution in [0.25, 0.3) is 0 Å². The average molecular weight is 387 g/mol. The zero-order valence-corrected chi connectivity index (χ0v) is 16.2. The number of amides is 4. The van der Waals surface area contributed by atoms with Crippen LogP contribution in [0.3, 0.4) is 0 Å². The van der Waals surface area contributed by atoms with Gasteiger partial charge in [0.25, 0.3) is 5.91 Å². The molecule has 1 aromatic rings. The van der Waals surface area contributed by atoms with Gasteiger partial charge in [-0.05, 0) is 44.4 Å². The molecule has 4 rings (SSSR count). The number of nitrogens with zero attached hydrogens (tertiary/aromatic N) is 2. The lowest BCUT2D eigenvalue weighted by molar-refractivity contribution is -0.133. The number of ether oxygens (including phenoxy) is 2. The molecule has 8 nitrogen and oxygen atoms in total. The second-order valence-corrected chi connectivity index (χ2v) is 7.91. The summed E-state index contributed by atoms with van der Waals surface area (Å²) in [7, 11) is 0. The van der Waals surface area contributed by atoms with Crippen molar-refractivity contribution in [3.63, 3.8) is 0 Å². The number of benzene rings is 1. The Labute approximate surface area is 163 Å². The Hall–Kier alpha value is -2.77. The summed E-state index contributed by atoms with van der Waals surface area (Å²) in [5, 5.41) is 2.64. The van der Waals surface area contributed by atoms with Crippen molar-refractivity contribution in [2.75, 3.05) is 26.3 Å². The summed E-state index contributed by atoms with van der Waals surface area (Å²) in [5.74, 6) is 1.09. The largest absolute Gasteiger partial charge is 0.486 e. The van der Waals surface area contributed by atoms with E-state index in [2.05, 4.69) is 5.32 Å². The maximum absolute atomic E-state index is 12.8. The predicted octanol–water partition coefficient (Wildman–Crippen LogP) is 1.84. The van der Waals surface area contributed by atoms with Crippen LogP contribution in [0.4, 0.5) is 4.79 Å². The number of rotatable bonds is 4. The first kappa shape index (κ1) is 18.6. The van der Waals surface area contributed by atoms with Crippen molar-refractivity contribution >= 4 is 17.8 Å². The lowest BCUT2D eigenvalue weighted by atomic mass is 10.0. The van der Waals surface area contributed by atoms with Crippen molar-refractivity contribution in [1.29, 1.82) is 0 Å². The van der Waals surface area contributed by atoms with E-state index in [1.807, 2.05) is 23.1 Å². The number of carbonyl (C=O) groups excluding carboxylic acids is 3. The van der Waals surface area contributed by atoms with Gasteiger partial charge in [0.2, 0.25) is 5.91 Å². The van der Waals surface area contributed by atoms with Gasteiger partial charge in [-0.1, -0.05) is 6.07 Å². The van der Waals surface area contributed by atoms with Crippen molar-refractivity contribution < 1.29 is 23.9 Å². The third kappa shape index (κ3) is 3.27. The molecule has 0 spiro atoms. The number of fused-ring (bicyclic) bond motifs is 1. The van der Waals surface area contributed by atoms with E-state index in [0.717, 1.165) is 29.1 Å². The molecule has 3 aliphatic rings. The number of hydrogen-bond acceptors (Lipinski definition) is 5. The summed E-state index contributed by atoms with van der Waals surface area (Å²) in [4.78, 5) is 40.1. The van der Waals surface area contributed by atoms with Gasteiger partial charge in [0.15, 0.2) is 11.5 Å². The first-order valence-corrected chi connectivity index (χ1v) is 9.70. The number of hydrogen-bond donors (Lipinski definition) is 1. The summed E-state index contributed by atoms with van der Waals surface area (Å²) in [6.07, 6.45) is 1.92. The number of likely N-dealkylation sites (tertiary alicyclic amines) is 1. The highest BCUT2D eigenvalue weighted by molar-refractivity contribution is 6.06. The van der Waals surface area contributed by atoms with Crippen molar-refractivity contribution in [1.82, 2.24) is 15.1 Å². The summed E-state index contributed by atoms with van der Waals surface area (Å²) < 4.78 is 11.2. The third-order valence-electron chi connectivity index (χ3n) is 5.52. The molecule has 3 aliphatic heterocycles. The van der Waals surface area contributed by atoms with Crippen molar-refractivity contribution in [3.05, 3.63) is 23.8 Å². The highest BCUT2D eigenvalue weighted by Gasteiger charge is 2.44. The van der Waals surface area contributed by atoms with Gasteiger partial charge in [0.1, 0.15) is 18.8 Å². The first-order valence-electron chi connectivity index (χ1n) is 9.70. The van der Waals surface area contributed by atoms with Gasteiger partial charge in [-0.3, -0.25) is 14.5 Å². The van der Waals surface area contributed by atoms with Crippen molar-refractivity contribution in [3.8, 4) is 11.5 Å². The normalized spacial score (nSPS) is 23.1. The van der Waals surface area contributed by atoms with E-state index in [-0.39, 0.29) is 30.8 Å². The highest BCUT2D eigenvalue weighted by Crippen LogP contribution is 2.38. The zero-order valence-electron chi connectivity index (χ0n) is 16.2. The minimum Gasteiger partial charge on any atom is -0.486 e. The van der Waals surface area contributed by atoms with E-state index in [9.17, 15) is 14.4 Å². The fourth-order valence-electron chi connectivity index (χ4n) is 4.05. The predicted molar refractivity (Wildman–Crippen MR) is 100 cm³/mol. The molecule has 0 aromatic heterocycles. The van der Waals surface area contributed by atoms with E-state index in [1.54, 1.807) is 13.8 Å². The van der Waals surface area contributed by atoms with Crippen LogP contribution in [0.5, 0.6) is 11.5 Å². The van der Waals surface area contributed by atoms with Crippen LogP contribution in [-0.4, -0.2) is 59.5 Å². The Morgan fingerprint density at radius 2 is 1.96 bits per heavy atom.